The van der Waals surface area contributed by atoms with Crippen LogP contribution in [0.2, 0.25) is 0 Å². The van der Waals surface area contributed by atoms with Crippen molar-refractivity contribution in [2.75, 3.05) is 0 Å². The summed E-state index contributed by atoms with van der Waals surface area (Å²) in [5.74, 6) is 2.66. The molecule has 1 N–H and O–H groups in total. The Bertz CT molecular complexity index is 181. The van der Waals surface area contributed by atoms with Crippen molar-refractivity contribution >= 4 is 5.91 Å². The lowest BCUT2D eigenvalue weighted by atomic mass is 10.1. The van der Waals surface area contributed by atoms with E-state index < -0.39 is 0 Å². The van der Waals surface area contributed by atoms with Gasteiger partial charge >= 0.3 is 0 Å². The van der Waals surface area contributed by atoms with E-state index in [1.807, 2.05) is 0 Å². The highest BCUT2D eigenvalue weighted by molar-refractivity contribution is 5.76. The molecule has 0 radical (unpaired) electrons. The summed E-state index contributed by atoms with van der Waals surface area (Å²) >= 11 is 0. The van der Waals surface area contributed by atoms with Gasteiger partial charge in [0.15, 0.2) is 0 Å². The molecule has 2 heteroatoms. The van der Waals surface area contributed by atoms with Crippen LogP contribution in [-0.4, -0.2) is 11.9 Å². The van der Waals surface area contributed by atoms with Gasteiger partial charge in [0.25, 0.3) is 0 Å². The number of carbonyl (C=O) groups is 1. The second-order valence-electron chi connectivity index (χ2n) is 3.18. The van der Waals surface area contributed by atoms with E-state index in [2.05, 4.69) is 25.1 Å². The molecule has 1 unspecified atom stereocenters. The first-order chi connectivity index (χ1) is 6.24. The fraction of sp³-hybridized carbons (Fsp3) is 0.727. The second kappa shape index (κ2) is 7.67. The number of nitrogens with one attached hydrogen (secondary N) is 1. The highest BCUT2D eigenvalue weighted by Crippen LogP contribution is 1.98. The number of carbonyl (C=O) groups excluding carboxylic acids is 1. The van der Waals surface area contributed by atoms with E-state index in [9.17, 15) is 4.79 Å². The molecule has 0 aliphatic rings. The van der Waals surface area contributed by atoms with Crippen LogP contribution < -0.4 is 5.32 Å². The first-order valence-electron chi connectivity index (χ1n) is 5.00. The first kappa shape index (κ1) is 12.0. The third-order valence-corrected chi connectivity index (χ3v) is 1.87. The molecule has 1 atom stereocenters. The summed E-state index contributed by atoms with van der Waals surface area (Å²) in [5.41, 5.74) is 0. The molecule has 0 aliphatic heterocycles. The van der Waals surface area contributed by atoms with Crippen molar-refractivity contribution in [3.63, 3.8) is 0 Å². The highest BCUT2D eigenvalue weighted by Gasteiger charge is 2.06. The Balaban J connectivity index is 3.68. The fourth-order valence-electron chi connectivity index (χ4n) is 1.09. The normalized spacial score (nSPS) is 11.8. The van der Waals surface area contributed by atoms with Gasteiger partial charge in [0, 0.05) is 6.42 Å². The van der Waals surface area contributed by atoms with Gasteiger partial charge in [-0.3, -0.25) is 4.79 Å². The minimum atomic E-state index is -0.0747. The lowest BCUT2D eigenvalue weighted by Gasteiger charge is -2.11. The molecule has 13 heavy (non-hydrogen) atoms. The van der Waals surface area contributed by atoms with Gasteiger partial charge in [-0.25, -0.2) is 0 Å². The molecule has 0 spiro atoms. The maximum Gasteiger partial charge on any atom is 0.220 e. The van der Waals surface area contributed by atoms with Crippen molar-refractivity contribution < 1.29 is 4.79 Å². The standard InChI is InChI=1S/C11H19NO/c1-4-7-9-11(13)12-10(6-3)8-5-2/h3,10H,4-5,7-9H2,1-2H3,(H,12,13). The third-order valence-electron chi connectivity index (χ3n) is 1.87. The minimum Gasteiger partial charge on any atom is -0.342 e. The SMILES string of the molecule is C#CC(CCC)NC(=O)CCCC. The van der Waals surface area contributed by atoms with E-state index in [4.69, 9.17) is 6.42 Å². The molecule has 1 amide bonds. The molecule has 0 aromatic rings. The average molecular weight is 181 g/mol. The van der Waals surface area contributed by atoms with Gasteiger partial charge in [0.2, 0.25) is 5.91 Å². The zero-order chi connectivity index (χ0) is 10.1. The Morgan fingerprint density at radius 3 is 2.62 bits per heavy atom. The maximum absolute atomic E-state index is 11.2. The molecule has 0 heterocycles. The van der Waals surface area contributed by atoms with Crippen LogP contribution in [0.15, 0.2) is 0 Å². The molecule has 0 aromatic carbocycles. The first-order valence-corrected chi connectivity index (χ1v) is 5.00. The van der Waals surface area contributed by atoms with Crippen LogP contribution in [0.5, 0.6) is 0 Å². The van der Waals surface area contributed by atoms with Gasteiger partial charge in [-0.2, -0.15) is 0 Å². The molecular formula is C11H19NO. The van der Waals surface area contributed by atoms with Crippen LogP contribution in [0.25, 0.3) is 0 Å². The second-order valence-corrected chi connectivity index (χ2v) is 3.18. The van der Waals surface area contributed by atoms with Crippen molar-refractivity contribution in [2.45, 2.75) is 52.0 Å². The molecule has 0 aromatic heterocycles. The van der Waals surface area contributed by atoms with Gasteiger partial charge in [-0.05, 0) is 12.8 Å². The molecule has 0 saturated carbocycles. The summed E-state index contributed by atoms with van der Waals surface area (Å²) in [6, 6.07) is -0.0747. The van der Waals surface area contributed by atoms with Gasteiger partial charge in [-0.1, -0.05) is 32.6 Å². The van der Waals surface area contributed by atoms with E-state index in [1.54, 1.807) is 0 Å². The Morgan fingerprint density at radius 1 is 1.46 bits per heavy atom. The molecule has 0 saturated heterocycles. The molecule has 2 nitrogen and oxygen atoms in total. The largest absolute Gasteiger partial charge is 0.342 e. The predicted molar refractivity (Wildman–Crippen MR) is 55.2 cm³/mol. The lowest BCUT2D eigenvalue weighted by Crippen LogP contribution is -2.33. The Morgan fingerprint density at radius 2 is 2.15 bits per heavy atom. The molecular weight excluding hydrogens is 162 g/mol. The van der Waals surface area contributed by atoms with Crippen molar-refractivity contribution in [3.05, 3.63) is 0 Å². The van der Waals surface area contributed by atoms with E-state index >= 15 is 0 Å². The smallest absolute Gasteiger partial charge is 0.220 e. The summed E-state index contributed by atoms with van der Waals surface area (Å²) < 4.78 is 0. The van der Waals surface area contributed by atoms with Crippen molar-refractivity contribution in [1.82, 2.24) is 5.32 Å². The number of unbranched alkanes of at least 4 members (excludes halogenated alkanes) is 1. The monoisotopic (exact) mass is 181 g/mol. The van der Waals surface area contributed by atoms with Gasteiger partial charge in [-0.15, -0.1) is 6.42 Å². The summed E-state index contributed by atoms with van der Waals surface area (Å²) in [6.45, 7) is 4.13. The lowest BCUT2D eigenvalue weighted by molar-refractivity contribution is -0.121. The Hall–Kier alpha value is -0.970. The summed E-state index contributed by atoms with van der Waals surface area (Å²) in [6.07, 6.45) is 9.72. The number of terminal acetylenes is 1. The van der Waals surface area contributed by atoms with E-state index in [0.717, 1.165) is 25.7 Å². The molecule has 0 aliphatic carbocycles. The summed E-state index contributed by atoms with van der Waals surface area (Å²) in [7, 11) is 0. The van der Waals surface area contributed by atoms with Crippen LogP contribution >= 0.6 is 0 Å². The minimum absolute atomic E-state index is 0.0747. The third kappa shape index (κ3) is 6.21. The Kier molecular flexibility index (Phi) is 7.10. The summed E-state index contributed by atoms with van der Waals surface area (Å²) in [5, 5.41) is 2.83. The Labute approximate surface area is 81.1 Å². The van der Waals surface area contributed by atoms with Gasteiger partial charge in [0.1, 0.15) is 0 Å². The van der Waals surface area contributed by atoms with E-state index in [-0.39, 0.29) is 11.9 Å². The van der Waals surface area contributed by atoms with Crippen LogP contribution in [0.4, 0.5) is 0 Å². The predicted octanol–water partition coefficient (Wildman–Crippen LogP) is 2.09. The molecule has 0 fully saturated rings. The van der Waals surface area contributed by atoms with Crippen molar-refractivity contribution in [2.24, 2.45) is 0 Å². The van der Waals surface area contributed by atoms with Gasteiger partial charge < -0.3 is 5.32 Å². The number of amides is 1. The van der Waals surface area contributed by atoms with Gasteiger partial charge in [0.05, 0.1) is 6.04 Å². The number of hydrogen-bond acceptors (Lipinski definition) is 1. The quantitative estimate of drug-likeness (QED) is 0.625. The van der Waals surface area contributed by atoms with Crippen molar-refractivity contribution in [3.8, 4) is 12.3 Å². The molecule has 0 rings (SSSR count). The maximum atomic E-state index is 11.2. The molecule has 74 valence electrons. The van der Waals surface area contributed by atoms with E-state index in [1.165, 1.54) is 0 Å². The molecule has 0 bridgehead atoms. The number of hydrogen-bond donors (Lipinski definition) is 1. The topological polar surface area (TPSA) is 29.1 Å². The highest BCUT2D eigenvalue weighted by atomic mass is 16.1. The van der Waals surface area contributed by atoms with Crippen LogP contribution in [0.3, 0.4) is 0 Å². The van der Waals surface area contributed by atoms with Crippen LogP contribution in [-0.2, 0) is 4.79 Å². The van der Waals surface area contributed by atoms with Crippen LogP contribution in [0, 0.1) is 12.3 Å². The zero-order valence-electron chi connectivity index (χ0n) is 8.60. The van der Waals surface area contributed by atoms with E-state index in [0.29, 0.717) is 6.42 Å². The zero-order valence-corrected chi connectivity index (χ0v) is 8.60. The van der Waals surface area contributed by atoms with Crippen LogP contribution in [0.1, 0.15) is 46.0 Å². The fourth-order valence-corrected chi connectivity index (χ4v) is 1.09. The number of rotatable bonds is 6. The summed E-state index contributed by atoms with van der Waals surface area (Å²) in [4.78, 5) is 11.2. The average Bonchev–Trinajstić information content (AvgIpc) is 2.14. The van der Waals surface area contributed by atoms with Crippen molar-refractivity contribution in [1.29, 1.82) is 0 Å².